The van der Waals surface area contributed by atoms with Gasteiger partial charge in [0.15, 0.2) is 0 Å². The molecule has 4 heteroatoms. The monoisotopic (exact) mass is 379 g/mol. The number of hydrogen-bond acceptors (Lipinski definition) is 3. The Morgan fingerprint density at radius 3 is 2.50 bits per heavy atom. The summed E-state index contributed by atoms with van der Waals surface area (Å²) in [4.78, 5) is 13.9. The summed E-state index contributed by atoms with van der Waals surface area (Å²) < 4.78 is 0. The molecule has 4 nitrogen and oxygen atoms in total. The van der Waals surface area contributed by atoms with Gasteiger partial charge in [-0.3, -0.25) is 4.79 Å². The summed E-state index contributed by atoms with van der Waals surface area (Å²) in [5, 5.41) is 0. The Hall–Kier alpha value is -2.17. The van der Waals surface area contributed by atoms with Gasteiger partial charge in [0.05, 0.1) is 0 Å². The minimum atomic E-state index is -0.229. The molecular weight excluding hydrogens is 346 g/mol. The molecule has 1 amide bonds. The molecular formula is C24H33N3O. The Balaban J connectivity index is 1.48. The van der Waals surface area contributed by atoms with Crippen LogP contribution in [0.2, 0.25) is 0 Å². The Morgan fingerprint density at radius 1 is 1.11 bits per heavy atom. The summed E-state index contributed by atoms with van der Waals surface area (Å²) in [5.41, 5.74) is 15.6. The highest BCUT2D eigenvalue weighted by molar-refractivity contribution is 5.76. The summed E-state index contributed by atoms with van der Waals surface area (Å²) in [6.07, 6.45) is 4.07. The van der Waals surface area contributed by atoms with Crippen molar-refractivity contribution in [1.82, 2.24) is 4.90 Å². The minimum absolute atomic E-state index is 0.114. The van der Waals surface area contributed by atoms with E-state index in [1.807, 2.05) is 13.0 Å². The summed E-state index contributed by atoms with van der Waals surface area (Å²) in [6, 6.07) is 19.2. The zero-order chi connectivity index (χ0) is 19.9. The second-order valence-electron chi connectivity index (χ2n) is 8.17. The number of likely N-dealkylation sites (tertiary alicyclic amines) is 1. The number of nitrogens with two attached hydrogens (primary N) is 2. The van der Waals surface area contributed by atoms with Crippen molar-refractivity contribution in [2.45, 2.75) is 44.6 Å². The predicted octanol–water partition coefficient (Wildman–Crippen LogP) is 3.62. The molecule has 1 heterocycles. The van der Waals surface area contributed by atoms with Crippen molar-refractivity contribution < 1.29 is 4.79 Å². The fourth-order valence-corrected chi connectivity index (χ4v) is 4.11. The second-order valence-corrected chi connectivity index (χ2v) is 8.17. The average molecular weight is 380 g/mol. The lowest BCUT2D eigenvalue weighted by molar-refractivity contribution is -0.121. The lowest BCUT2D eigenvalue weighted by atomic mass is 9.87. The highest BCUT2D eigenvalue weighted by Crippen LogP contribution is 2.29. The molecule has 2 aromatic carbocycles. The first-order chi connectivity index (χ1) is 13.5. The zero-order valence-corrected chi connectivity index (χ0v) is 16.9. The molecule has 1 unspecified atom stereocenters. The normalized spacial score (nSPS) is 17.9. The number of benzene rings is 2. The average Bonchev–Trinajstić information content (AvgIpc) is 2.73. The highest BCUT2D eigenvalue weighted by Gasteiger charge is 2.21. The molecule has 0 aromatic heterocycles. The van der Waals surface area contributed by atoms with Crippen molar-refractivity contribution in [3.8, 4) is 0 Å². The highest BCUT2D eigenvalue weighted by atomic mass is 16.1. The van der Waals surface area contributed by atoms with E-state index in [2.05, 4.69) is 53.4 Å². The van der Waals surface area contributed by atoms with E-state index in [-0.39, 0.29) is 17.9 Å². The van der Waals surface area contributed by atoms with Crippen LogP contribution in [0.3, 0.4) is 0 Å². The Morgan fingerprint density at radius 2 is 1.82 bits per heavy atom. The van der Waals surface area contributed by atoms with E-state index < -0.39 is 0 Å². The second kappa shape index (κ2) is 9.85. The van der Waals surface area contributed by atoms with E-state index in [0.29, 0.717) is 5.92 Å². The van der Waals surface area contributed by atoms with Crippen LogP contribution < -0.4 is 11.5 Å². The van der Waals surface area contributed by atoms with Crippen LogP contribution in [0.4, 0.5) is 0 Å². The maximum atomic E-state index is 11.3. The topological polar surface area (TPSA) is 72.3 Å². The van der Waals surface area contributed by atoms with E-state index in [4.69, 9.17) is 11.5 Å². The number of nitrogens with zero attached hydrogens (tertiary/aromatic N) is 1. The number of carbonyl (C=O) groups is 1. The van der Waals surface area contributed by atoms with Crippen LogP contribution in [0.15, 0.2) is 54.6 Å². The number of rotatable bonds is 8. The predicted molar refractivity (Wildman–Crippen MR) is 115 cm³/mol. The van der Waals surface area contributed by atoms with Gasteiger partial charge in [-0.15, -0.1) is 0 Å². The van der Waals surface area contributed by atoms with Crippen LogP contribution in [-0.4, -0.2) is 30.4 Å². The fourth-order valence-electron chi connectivity index (χ4n) is 4.11. The van der Waals surface area contributed by atoms with Gasteiger partial charge in [0.25, 0.3) is 0 Å². The van der Waals surface area contributed by atoms with Crippen LogP contribution >= 0.6 is 0 Å². The van der Waals surface area contributed by atoms with Crippen LogP contribution in [0, 0.1) is 5.92 Å². The van der Waals surface area contributed by atoms with Crippen molar-refractivity contribution >= 4 is 5.91 Å². The van der Waals surface area contributed by atoms with Gasteiger partial charge >= 0.3 is 0 Å². The lowest BCUT2D eigenvalue weighted by Crippen LogP contribution is -2.35. The third kappa shape index (κ3) is 5.66. The lowest BCUT2D eigenvalue weighted by Gasteiger charge is -2.33. The van der Waals surface area contributed by atoms with Gasteiger partial charge < -0.3 is 16.4 Å². The Kier molecular flexibility index (Phi) is 7.24. The first-order valence-corrected chi connectivity index (χ1v) is 10.4. The van der Waals surface area contributed by atoms with Crippen molar-refractivity contribution in [2.75, 3.05) is 19.6 Å². The molecule has 1 saturated heterocycles. The van der Waals surface area contributed by atoms with E-state index >= 15 is 0 Å². The molecule has 3 rings (SSSR count). The summed E-state index contributed by atoms with van der Waals surface area (Å²) in [6.45, 7) is 5.19. The SMILES string of the molecule is CC(Cc1cccc(C2CCN(CC[C@H](N)c3ccccc3)CC2)c1)C(N)=O. The third-order valence-electron chi connectivity index (χ3n) is 6.02. The summed E-state index contributed by atoms with van der Waals surface area (Å²) in [7, 11) is 0. The molecule has 2 aromatic rings. The molecule has 28 heavy (non-hydrogen) atoms. The smallest absolute Gasteiger partial charge is 0.220 e. The van der Waals surface area contributed by atoms with Gasteiger partial charge in [-0.2, -0.15) is 0 Å². The first kappa shape index (κ1) is 20.6. The molecule has 1 fully saturated rings. The van der Waals surface area contributed by atoms with Crippen LogP contribution in [0.5, 0.6) is 0 Å². The molecule has 0 spiro atoms. The zero-order valence-electron chi connectivity index (χ0n) is 16.9. The third-order valence-corrected chi connectivity index (χ3v) is 6.02. The van der Waals surface area contributed by atoms with Crippen LogP contribution in [0.1, 0.15) is 54.8 Å². The first-order valence-electron chi connectivity index (χ1n) is 10.4. The van der Waals surface area contributed by atoms with Crippen molar-refractivity contribution in [3.63, 3.8) is 0 Å². The molecule has 2 atom stereocenters. The molecule has 150 valence electrons. The summed E-state index contributed by atoms with van der Waals surface area (Å²) in [5.74, 6) is 0.251. The standard InChI is InChI=1S/C24H33N3O/c1-18(24(26)28)16-19-6-5-9-22(17-19)20-10-13-27(14-11-20)15-12-23(25)21-7-3-2-4-8-21/h2-9,17-18,20,23H,10-16,25H2,1H3,(H2,26,28)/t18?,23-/m0/s1. The van der Waals surface area contributed by atoms with E-state index in [9.17, 15) is 4.79 Å². The Bertz CT molecular complexity index is 753. The van der Waals surface area contributed by atoms with Crippen molar-refractivity contribution in [3.05, 3.63) is 71.3 Å². The van der Waals surface area contributed by atoms with Gasteiger partial charge in [0.2, 0.25) is 5.91 Å². The number of amides is 1. The van der Waals surface area contributed by atoms with Crippen LogP contribution in [0.25, 0.3) is 0 Å². The van der Waals surface area contributed by atoms with Crippen LogP contribution in [-0.2, 0) is 11.2 Å². The van der Waals surface area contributed by atoms with Gasteiger partial charge in [0.1, 0.15) is 0 Å². The van der Waals surface area contributed by atoms with E-state index in [1.54, 1.807) is 0 Å². The largest absolute Gasteiger partial charge is 0.369 e. The molecule has 4 N–H and O–H groups in total. The maximum absolute atomic E-state index is 11.3. The summed E-state index contributed by atoms with van der Waals surface area (Å²) >= 11 is 0. The van der Waals surface area contributed by atoms with E-state index in [0.717, 1.165) is 32.5 Å². The molecule has 1 aliphatic heterocycles. The van der Waals surface area contributed by atoms with Gasteiger partial charge in [-0.25, -0.2) is 0 Å². The van der Waals surface area contributed by atoms with Gasteiger partial charge in [-0.05, 0) is 67.9 Å². The number of piperidine rings is 1. The molecule has 0 saturated carbocycles. The molecule has 1 aliphatic rings. The number of primary amides is 1. The Labute approximate surface area is 168 Å². The van der Waals surface area contributed by atoms with E-state index in [1.165, 1.54) is 29.5 Å². The molecule has 0 aliphatic carbocycles. The maximum Gasteiger partial charge on any atom is 0.220 e. The molecule has 0 radical (unpaired) electrons. The molecule has 0 bridgehead atoms. The number of carbonyl (C=O) groups excluding carboxylic acids is 1. The minimum Gasteiger partial charge on any atom is -0.369 e. The number of hydrogen-bond donors (Lipinski definition) is 2. The van der Waals surface area contributed by atoms with Crippen molar-refractivity contribution in [1.29, 1.82) is 0 Å². The quantitative estimate of drug-likeness (QED) is 0.736. The fraction of sp³-hybridized carbons (Fsp3) is 0.458. The van der Waals surface area contributed by atoms with Crippen molar-refractivity contribution in [2.24, 2.45) is 17.4 Å². The van der Waals surface area contributed by atoms with Gasteiger partial charge in [-0.1, -0.05) is 61.5 Å². The van der Waals surface area contributed by atoms with Gasteiger partial charge in [0, 0.05) is 12.0 Å².